The number of phosphoric acid groups is 1. The van der Waals surface area contributed by atoms with Gasteiger partial charge < -0.3 is 24.6 Å². The molecule has 9 nitrogen and oxygen atoms in total. The Kier molecular flexibility index (Phi) is 36.0. The lowest BCUT2D eigenvalue weighted by Crippen LogP contribution is -2.29. The minimum absolute atomic E-state index is 0.0396. The van der Waals surface area contributed by atoms with E-state index in [1.54, 1.807) is 0 Å². The van der Waals surface area contributed by atoms with E-state index in [0.29, 0.717) is 13.0 Å². The first-order chi connectivity index (χ1) is 24.3. The monoisotopic (exact) mass is 728 g/mol. The van der Waals surface area contributed by atoms with E-state index in [1.165, 1.54) is 57.8 Å². The van der Waals surface area contributed by atoms with Crippen molar-refractivity contribution in [2.45, 2.75) is 167 Å². The normalized spacial score (nSPS) is 14.7. The highest BCUT2D eigenvalue weighted by Gasteiger charge is 2.26. The molecule has 0 spiro atoms. The number of unbranched alkanes of at least 4 members (excludes halogenated alkanes) is 15. The molecule has 0 amide bonds. The van der Waals surface area contributed by atoms with Gasteiger partial charge in [-0.25, -0.2) is 4.57 Å². The fourth-order valence-corrected chi connectivity index (χ4v) is 5.79. The lowest BCUT2D eigenvalue weighted by molar-refractivity contribution is -0.154. The second-order valence-corrected chi connectivity index (χ2v) is 14.4. The molecule has 0 fully saturated rings. The number of carbonyl (C=O) groups is 1. The zero-order chi connectivity index (χ0) is 36.8. The van der Waals surface area contributed by atoms with Gasteiger partial charge in [0.05, 0.1) is 26.4 Å². The predicted molar refractivity (Wildman–Crippen MR) is 205 cm³/mol. The Morgan fingerprint density at radius 2 is 1.14 bits per heavy atom. The van der Waals surface area contributed by atoms with Crippen LogP contribution in [0, 0.1) is 0 Å². The van der Waals surface area contributed by atoms with Crippen molar-refractivity contribution < 1.29 is 43.0 Å². The predicted octanol–water partition coefficient (Wildman–Crippen LogP) is 10.2. The maximum Gasteiger partial charge on any atom is 0.472 e. The summed E-state index contributed by atoms with van der Waals surface area (Å²) in [6.45, 7) is 3.33. The average molecular weight is 729 g/mol. The highest BCUT2D eigenvalue weighted by molar-refractivity contribution is 7.47. The number of hydrogen-bond acceptors (Lipinski definition) is 8. The molecule has 0 aromatic heterocycles. The van der Waals surface area contributed by atoms with Crippen LogP contribution >= 0.6 is 7.82 Å². The van der Waals surface area contributed by atoms with Crippen LogP contribution in [0.25, 0.3) is 0 Å². The summed E-state index contributed by atoms with van der Waals surface area (Å²) in [7, 11) is -4.52. The van der Waals surface area contributed by atoms with Gasteiger partial charge in [-0.05, 0) is 64.2 Å². The van der Waals surface area contributed by atoms with Crippen LogP contribution < -0.4 is 0 Å². The first kappa shape index (κ1) is 48.4. The van der Waals surface area contributed by atoms with Crippen molar-refractivity contribution in [2.24, 2.45) is 0 Å². The van der Waals surface area contributed by atoms with Gasteiger partial charge in [-0.2, -0.15) is 0 Å². The second-order valence-electron chi connectivity index (χ2n) is 12.9. The number of esters is 1. The molecule has 0 aliphatic carbocycles. The van der Waals surface area contributed by atoms with Gasteiger partial charge in [-0.1, -0.05) is 133 Å². The van der Waals surface area contributed by atoms with Crippen molar-refractivity contribution in [3.8, 4) is 0 Å². The van der Waals surface area contributed by atoms with Crippen molar-refractivity contribution in [1.82, 2.24) is 0 Å². The molecule has 0 saturated carbocycles. The van der Waals surface area contributed by atoms with Gasteiger partial charge in [0.25, 0.3) is 0 Å². The largest absolute Gasteiger partial charge is 0.472 e. The molecule has 3 atom stereocenters. The van der Waals surface area contributed by atoms with Crippen molar-refractivity contribution >= 4 is 13.8 Å². The molecular formula is C40H73O9P. The minimum Gasteiger partial charge on any atom is -0.457 e. The first-order valence-corrected chi connectivity index (χ1v) is 21.1. The van der Waals surface area contributed by atoms with Gasteiger partial charge in [0, 0.05) is 13.0 Å². The summed E-state index contributed by atoms with van der Waals surface area (Å²) >= 11 is 0. The highest BCUT2D eigenvalue weighted by Crippen LogP contribution is 2.43. The third-order valence-corrected chi connectivity index (χ3v) is 8.95. The van der Waals surface area contributed by atoms with E-state index < -0.39 is 39.2 Å². The average Bonchev–Trinajstić information content (AvgIpc) is 3.10. The molecule has 0 rings (SSSR count). The summed E-state index contributed by atoms with van der Waals surface area (Å²) in [5.41, 5.74) is 0. The van der Waals surface area contributed by atoms with Gasteiger partial charge in [0.2, 0.25) is 0 Å². The summed E-state index contributed by atoms with van der Waals surface area (Å²) in [5, 5.41) is 18.3. The number of aliphatic hydroxyl groups excluding tert-OH is 2. The second kappa shape index (κ2) is 37.2. The van der Waals surface area contributed by atoms with E-state index in [2.05, 4.69) is 62.5 Å². The van der Waals surface area contributed by atoms with E-state index in [0.717, 1.165) is 70.6 Å². The first-order valence-electron chi connectivity index (χ1n) is 19.6. The van der Waals surface area contributed by atoms with E-state index in [1.807, 2.05) is 0 Å². The van der Waals surface area contributed by atoms with Gasteiger partial charge >= 0.3 is 13.8 Å². The molecule has 3 unspecified atom stereocenters. The van der Waals surface area contributed by atoms with Crippen LogP contribution in [-0.2, 0) is 27.9 Å². The van der Waals surface area contributed by atoms with Crippen LogP contribution in [0.3, 0.4) is 0 Å². The molecule has 0 saturated heterocycles. The standard InChI is InChI=1S/C40H73O9P/c1-3-5-7-9-11-13-15-17-18-19-20-21-22-24-26-28-30-32-40(43)49-39(37-48-50(44,45)47-35-38(42)34-41)36-46-33-31-29-27-25-23-16-14-12-10-8-6-4-2/h5,7,10-13,17-18,38-39,41-42H,3-4,6,8-9,14-16,19-37H2,1-2H3,(H,44,45)/b7-5-,12-10-,13-11-,18-17-. The summed E-state index contributed by atoms with van der Waals surface area (Å²) < 4.78 is 33.2. The van der Waals surface area contributed by atoms with Crippen LogP contribution in [0.4, 0.5) is 0 Å². The highest BCUT2D eigenvalue weighted by atomic mass is 31.2. The van der Waals surface area contributed by atoms with E-state index in [-0.39, 0.29) is 19.6 Å². The van der Waals surface area contributed by atoms with E-state index in [4.69, 9.17) is 23.6 Å². The zero-order valence-electron chi connectivity index (χ0n) is 31.6. The molecule has 0 radical (unpaired) electrons. The molecule has 0 aromatic carbocycles. The molecule has 0 aliphatic heterocycles. The third-order valence-electron chi connectivity index (χ3n) is 8.00. The Morgan fingerprint density at radius 1 is 0.640 bits per heavy atom. The molecule has 10 heteroatoms. The topological polar surface area (TPSA) is 132 Å². The molecular weight excluding hydrogens is 655 g/mol. The maximum absolute atomic E-state index is 12.6. The molecule has 3 N–H and O–H groups in total. The van der Waals surface area contributed by atoms with Gasteiger partial charge in [0.15, 0.2) is 0 Å². The van der Waals surface area contributed by atoms with E-state index >= 15 is 0 Å². The number of aliphatic hydroxyl groups is 2. The summed E-state index contributed by atoms with van der Waals surface area (Å²) in [4.78, 5) is 22.5. The van der Waals surface area contributed by atoms with Crippen LogP contribution in [0.15, 0.2) is 48.6 Å². The quantitative estimate of drug-likeness (QED) is 0.0247. The minimum atomic E-state index is -4.52. The van der Waals surface area contributed by atoms with Gasteiger partial charge in [-0.3, -0.25) is 13.8 Å². The number of rotatable bonds is 37. The van der Waals surface area contributed by atoms with Crippen LogP contribution in [0.2, 0.25) is 0 Å². The smallest absolute Gasteiger partial charge is 0.457 e. The Labute approximate surface area is 305 Å². The molecule has 0 heterocycles. The number of carbonyl (C=O) groups excluding carboxylic acids is 1. The summed E-state index contributed by atoms with van der Waals surface area (Å²) in [6, 6.07) is 0. The van der Waals surface area contributed by atoms with Crippen molar-refractivity contribution in [2.75, 3.05) is 33.0 Å². The Morgan fingerprint density at radius 3 is 1.74 bits per heavy atom. The van der Waals surface area contributed by atoms with Crippen LogP contribution in [0.5, 0.6) is 0 Å². The van der Waals surface area contributed by atoms with Crippen molar-refractivity contribution in [3.05, 3.63) is 48.6 Å². The number of allylic oxidation sites excluding steroid dienone is 8. The Balaban J connectivity index is 4.24. The zero-order valence-corrected chi connectivity index (χ0v) is 32.5. The van der Waals surface area contributed by atoms with E-state index in [9.17, 15) is 19.4 Å². The summed E-state index contributed by atoms with van der Waals surface area (Å²) in [6.07, 6.45) is 39.2. The van der Waals surface area contributed by atoms with Crippen molar-refractivity contribution in [1.29, 1.82) is 0 Å². The van der Waals surface area contributed by atoms with Crippen LogP contribution in [-0.4, -0.2) is 66.3 Å². The Hall–Kier alpha value is -1.58. The number of hydrogen-bond donors (Lipinski definition) is 3. The lowest BCUT2D eigenvalue weighted by Gasteiger charge is -2.20. The molecule has 0 aliphatic rings. The third kappa shape index (κ3) is 36.2. The Bertz CT molecular complexity index is 919. The lowest BCUT2D eigenvalue weighted by atomic mass is 10.1. The summed E-state index contributed by atoms with van der Waals surface area (Å²) in [5.74, 6) is -0.397. The fraction of sp³-hybridized carbons (Fsp3) is 0.775. The SMILES string of the molecule is CC/C=C\C/C=C\C/C=C\CCCCCCCCCC(=O)OC(COCCCCCCCC/C=C\CCCC)COP(=O)(O)OCC(O)CO. The maximum atomic E-state index is 12.6. The van der Waals surface area contributed by atoms with Crippen molar-refractivity contribution in [3.63, 3.8) is 0 Å². The number of phosphoric ester groups is 1. The number of ether oxygens (including phenoxy) is 2. The molecule has 292 valence electrons. The molecule has 0 aromatic rings. The molecule has 0 bridgehead atoms. The molecule has 50 heavy (non-hydrogen) atoms. The van der Waals surface area contributed by atoms with Crippen LogP contribution in [0.1, 0.15) is 155 Å². The van der Waals surface area contributed by atoms with Gasteiger partial charge in [-0.15, -0.1) is 0 Å². The fourth-order valence-electron chi connectivity index (χ4n) is 5.00. The van der Waals surface area contributed by atoms with Gasteiger partial charge in [0.1, 0.15) is 12.2 Å².